The van der Waals surface area contributed by atoms with E-state index >= 15 is 0 Å². The number of aliphatic imine (C=N–C) groups is 1. The highest BCUT2D eigenvalue weighted by Crippen LogP contribution is 1.99. The van der Waals surface area contributed by atoms with Crippen molar-refractivity contribution in [3.05, 3.63) is 0 Å². The summed E-state index contributed by atoms with van der Waals surface area (Å²) < 4.78 is 9.85. The fourth-order valence-electron chi connectivity index (χ4n) is 1.73. The van der Waals surface area contributed by atoms with Crippen LogP contribution in [-0.2, 0) is 14.3 Å². The zero-order valence-corrected chi connectivity index (χ0v) is 13.4. The number of aliphatic carboxylic acids is 1. The molecule has 3 atom stereocenters. The van der Waals surface area contributed by atoms with Crippen LogP contribution in [0.3, 0.4) is 0 Å². The smallest absolute Gasteiger partial charge is 0.320 e. The van der Waals surface area contributed by atoms with Gasteiger partial charge in [0, 0.05) is 20.2 Å². The molecule has 0 fully saturated rings. The van der Waals surface area contributed by atoms with E-state index in [-0.39, 0.29) is 32.3 Å². The molecule has 0 aliphatic rings. The average Bonchev–Trinajstić information content (AvgIpc) is 2.46. The van der Waals surface area contributed by atoms with E-state index in [9.17, 15) is 15.0 Å². The first kappa shape index (κ1) is 21.5. The molecule has 0 saturated carbocycles. The minimum Gasteiger partial charge on any atom is -0.480 e. The van der Waals surface area contributed by atoms with Gasteiger partial charge < -0.3 is 41.6 Å². The van der Waals surface area contributed by atoms with E-state index in [4.69, 9.17) is 26.0 Å². The molecule has 3 unspecified atom stereocenters. The van der Waals surface area contributed by atoms with Gasteiger partial charge in [-0.15, -0.1) is 0 Å². The van der Waals surface area contributed by atoms with E-state index in [0.29, 0.717) is 19.4 Å². The molecule has 0 heterocycles. The summed E-state index contributed by atoms with van der Waals surface area (Å²) in [4.78, 5) is 14.9. The van der Waals surface area contributed by atoms with Crippen LogP contribution in [0.1, 0.15) is 12.8 Å². The lowest BCUT2D eigenvalue weighted by atomic mass is 10.1. The number of hydrogen-bond acceptors (Lipinski definition) is 7. The topological polar surface area (TPSA) is 173 Å². The van der Waals surface area contributed by atoms with Crippen molar-refractivity contribution in [1.29, 1.82) is 0 Å². The van der Waals surface area contributed by atoms with Gasteiger partial charge in [0.2, 0.25) is 0 Å². The highest BCUT2D eigenvalue weighted by Gasteiger charge is 2.18. The molecular weight excluding hydrogens is 308 g/mol. The number of aliphatic hydroxyl groups is 2. The lowest BCUT2D eigenvalue weighted by Gasteiger charge is -2.18. The van der Waals surface area contributed by atoms with Crippen LogP contribution in [0.2, 0.25) is 0 Å². The van der Waals surface area contributed by atoms with Gasteiger partial charge in [0.25, 0.3) is 0 Å². The molecular formula is C13H28N4O6. The summed E-state index contributed by atoms with van der Waals surface area (Å²) in [7, 11) is 1.46. The van der Waals surface area contributed by atoms with Crippen molar-refractivity contribution in [2.75, 3.05) is 40.0 Å². The Balaban J connectivity index is 3.92. The van der Waals surface area contributed by atoms with Gasteiger partial charge in [0.15, 0.2) is 5.96 Å². The summed E-state index contributed by atoms with van der Waals surface area (Å²) in [5, 5.41) is 30.9. The normalized spacial score (nSPS) is 14.9. The lowest BCUT2D eigenvalue weighted by Crippen LogP contribution is -2.42. The second-order valence-electron chi connectivity index (χ2n) is 5.05. The first-order valence-electron chi connectivity index (χ1n) is 7.31. The predicted octanol–water partition coefficient (Wildman–Crippen LogP) is -2.53. The van der Waals surface area contributed by atoms with Crippen molar-refractivity contribution < 1.29 is 29.6 Å². The van der Waals surface area contributed by atoms with Gasteiger partial charge in [0.05, 0.1) is 25.9 Å². The van der Waals surface area contributed by atoms with Crippen molar-refractivity contribution in [3.8, 4) is 0 Å². The number of carbonyl (C=O) groups is 1. The van der Waals surface area contributed by atoms with Gasteiger partial charge in [0.1, 0.15) is 12.1 Å². The molecule has 0 aromatic heterocycles. The molecule has 10 heteroatoms. The molecule has 23 heavy (non-hydrogen) atoms. The van der Waals surface area contributed by atoms with Crippen LogP contribution in [-0.4, -0.2) is 85.5 Å². The van der Waals surface area contributed by atoms with Gasteiger partial charge in [-0.25, -0.2) is 0 Å². The Morgan fingerprint density at radius 2 is 1.87 bits per heavy atom. The van der Waals surface area contributed by atoms with E-state index in [1.54, 1.807) is 0 Å². The first-order valence-corrected chi connectivity index (χ1v) is 7.31. The van der Waals surface area contributed by atoms with Crippen molar-refractivity contribution in [2.24, 2.45) is 16.5 Å². The van der Waals surface area contributed by atoms with Crippen molar-refractivity contribution >= 4 is 11.9 Å². The van der Waals surface area contributed by atoms with E-state index < -0.39 is 24.2 Å². The fraction of sp³-hybridized carbons (Fsp3) is 0.846. The maximum absolute atomic E-state index is 11.1. The quantitative estimate of drug-likeness (QED) is 0.113. The number of rotatable bonds is 14. The Labute approximate surface area is 135 Å². The summed E-state index contributed by atoms with van der Waals surface area (Å²) >= 11 is 0. The van der Waals surface area contributed by atoms with Crippen molar-refractivity contribution in [1.82, 2.24) is 5.32 Å². The molecule has 0 saturated heterocycles. The monoisotopic (exact) mass is 336 g/mol. The third-order valence-corrected chi connectivity index (χ3v) is 2.82. The Bertz CT molecular complexity index is 351. The molecule has 0 aromatic rings. The maximum Gasteiger partial charge on any atom is 0.320 e. The number of nitrogens with two attached hydrogens (primary N) is 2. The van der Waals surface area contributed by atoms with E-state index in [1.807, 2.05) is 0 Å². The fourth-order valence-corrected chi connectivity index (χ4v) is 1.73. The molecule has 136 valence electrons. The Hall–Kier alpha value is -1.46. The largest absolute Gasteiger partial charge is 0.480 e. The second kappa shape index (κ2) is 13.0. The first-order chi connectivity index (χ1) is 10.9. The van der Waals surface area contributed by atoms with Crippen molar-refractivity contribution in [2.45, 2.75) is 31.1 Å². The molecule has 0 bridgehead atoms. The highest BCUT2D eigenvalue weighted by molar-refractivity contribution is 5.75. The number of hydrogen-bond donors (Lipinski definition) is 6. The molecule has 0 rings (SSSR count). The SMILES string of the molecule is COCC(O)COCC(O)CNC(CCCN=C(N)N)C(=O)O. The molecule has 0 aromatic carbocycles. The summed E-state index contributed by atoms with van der Waals surface area (Å²) in [5.74, 6) is -1.05. The Morgan fingerprint density at radius 3 is 2.43 bits per heavy atom. The summed E-state index contributed by atoms with van der Waals surface area (Å²) in [6.07, 6.45) is -0.823. The molecule has 0 amide bonds. The number of guanidine groups is 1. The average molecular weight is 336 g/mol. The van der Waals surface area contributed by atoms with Crippen LogP contribution in [0.4, 0.5) is 0 Å². The van der Waals surface area contributed by atoms with Gasteiger partial charge in [-0.3, -0.25) is 9.79 Å². The standard InChI is InChI=1S/C13H28N4O6/c1-22-6-10(19)8-23-7-9(18)5-17-11(12(20)21)3-2-4-16-13(14)15/h9-11,17-19H,2-8H2,1H3,(H,20,21)(H4,14,15,16). The number of carboxylic acid groups (broad SMARTS) is 1. The number of aliphatic hydroxyl groups excluding tert-OH is 2. The van der Waals surface area contributed by atoms with E-state index in [0.717, 1.165) is 0 Å². The Morgan fingerprint density at radius 1 is 1.22 bits per heavy atom. The number of ether oxygens (including phenoxy) is 2. The minimum atomic E-state index is -1.02. The molecule has 0 radical (unpaired) electrons. The predicted molar refractivity (Wildman–Crippen MR) is 84.0 cm³/mol. The third-order valence-electron chi connectivity index (χ3n) is 2.82. The lowest BCUT2D eigenvalue weighted by molar-refractivity contribution is -0.139. The summed E-state index contributed by atoms with van der Waals surface area (Å²) in [6, 6.07) is -0.807. The number of nitrogens with zero attached hydrogens (tertiary/aromatic N) is 1. The number of methoxy groups -OCH3 is 1. The molecule has 0 aliphatic carbocycles. The minimum absolute atomic E-state index is 0.0197. The van der Waals surface area contributed by atoms with Gasteiger partial charge in [-0.1, -0.05) is 0 Å². The zero-order chi connectivity index (χ0) is 17.7. The molecule has 0 aliphatic heterocycles. The van der Waals surface area contributed by atoms with Gasteiger partial charge >= 0.3 is 5.97 Å². The maximum atomic E-state index is 11.1. The van der Waals surface area contributed by atoms with Crippen LogP contribution in [0.25, 0.3) is 0 Å². The second-order valence-corrected chi connectivity index (χ2v) is 5.05. The van der Waals surface area contributed by atoms with E-state index in [1.165, 1.54) is 7.11 Å². The third kappa shape index (κ3) is 12.7. The van der Waals surface area contributed by atoms with Crippen LogP contribution in [0, 0.1) is 0 Å². The van der Waals surface area contributed by atoms with E-state index in [2.05, 4.69) is 10.3 Å². The van der Waals surface area contributed by atoms with Gasteiger partial charge in [-0.05, 0) is 12.8 Å². The van der Waals surface area contributed by atoms with Crippen LogP contribution < -0.4 is 16.8 Å². The number of carboxylic acids is 1. The summed E-state index contributed by atoms with van der Waals surface area (Å²) in [5.41, 5.74) is 10.4. The van der Waals surface area contributed by atoms with Gasteiger partial charge in [-0.2, -0.15) is 0 Å². The molecule has 8 N–H and O–H groups in total. The van der Waals surface area contributed by atoms with Crippen LogP contribution >= 0.6 is 0 Å². The van der Waals surface area contributed by atoms with Crippen molar-refractivity contribution in [3.63, 3.8) is 0 Å². The zero-order valence-electron chi connectivity index (χ0n) is 13.4. The Kier molecular flexibility index (Phi) is 12.2. The summed E-state index contributed by atoms with van der Waals surface area (Å²) in [6.45, 7) is 0.557. The number of nitrogens with one attached hydrogen (secondary N) is 1. The molecule has 10 nitrogen and oxygen atoms in total. The van der Waals surface area contributed by atoms with Crippen LogP contribution in [0.5, 0.6) is 0 Å². The highest BCUT2D eigenvalue weighted by atomic mass is 16.5. The van der Waals surface area contributed by atoms with Crippen LogP contribution in [0.15, 0.2) is 4.99 Å². The molecule has 0 spiro atoms.